The number of benzene rings is 2. The summed E-state index contributed by atoms with van der Waals surface area (Å²) in [7, 11) is 0. The average molecular weight is 411 g/mol. The first-order valence-corrected chi connectivity index (χ1v) is 9.75. The van der Waals surface area contributed by atoms with Gasteiger partial charge in [-0.2, -0.15) is 0 Å². The van der Waals surface area contributed by atoms with Gasteiger partial charge in [-0.05, 0) is 54.7 Å². The monoisotopic (exact) mass is 411 g/mol. The van der Waals surface area contributed by atoms with E-state index in [0.29, 0.717) is 12.2 Å². The van der Waals surface area contributed by atoms with Crippen LogP contribution in [0.5, 0.6) is 5.75 Å². The molecule has 2 amide bonds. The smallest absolute Gasteiger partial charge is 0.268 e. The highest BCUT2D eigenvalue weighted by Gasteiger charge is 2.24. The molecule has 2 aromatic carbocycles. The van der Waals surface area contributed by atoms with Crippen molar-refractivity contribution in [1.29, 1.82) is 0 Å². The summed E-state index contributed by atoms with van der Waals surface area (Å²) >= 11 is 0. The topological polar surface area (TPSA) is 97.4 Å². The number of hydrogen-bond donors (Lipinski definition) is 3. The second kappa shape index (κ2) is 8.18. The fourth-order valence-electron chi connectivity index (χ4n) is 3.67. The van der Waals surface area contributed by atoms with Crippen molar-refractivity contribution in [3.05, 3.63) is 58.8 Å². The maximum atomic E-state index is 13.7. The summed E-state index contributed by atoms with van der Waals surface area (Å²) < 4.78 is 15.8. The third kappa shape index (κ3) is 4.01. The van der Waals surface area contributed by atoms with Gasteiger partial charge in [-0.25, -0.2) is 4.39 Å². The van der Waals surface area contributed by atoms with Gasteiger partial charge in [0.15, 0.2) is 0 Å². The number of primary amides is 1. The van der Waals surface area contributed by atoms with Crippen LogP contribution in [0.4, 0.5) is 10.1 Å². The zero-order chi connectivity index (χ0) is 22.2. The van der Waals surface area contributed by atoms with Gasteiger partial charge in [-0.3, -0.25) is 9.59 Å². The number of aromatic hydroxyl groups is 1. The van der Waals surface area contributed by atoms with Gasteiger partial charge in [0.05, 0.1) is 11.2 Å². The second-order valence-corrected chi connectivity index (χ2v) is 7.87. The van der Waals surface area contributed by atoms with Crippen LogP contribution < -0.4 is 11.1 Å². The van der Waals surface area contributed by atoms with Gasteiger partial charge >= 0.3 is 0 Å². The van der Waals surface area contributed by atoms with Crippen molar-refractivity contribution in [3.63, 3.8) is 0 Å². The van der Waals surface area contributed by atoms with Crippen LogP contribution in [0.15, 0.2) is 36.4 Å². The molecular formula is C23H26FN3O3. The van der Waals surface area contributed by atoms with Gasteiger partial charge < -0.3 is 20.7 Å². The van der Waals surface area contributed by atoms with Crippen LogP contribution in [0.3, 0.4) is 0 Å². The standard InChI is InChI=1S/C23H26FN3O3/c1-12(2)16-10-15(6-8-19(16)28)11-27-14(4)9-17-18(7-5-13(3)21(17)27)26-23(30)20(24)22(25)29/h5-10,12,20,28H,11H2,1-4H3,(H2,25,29)(H,26,30). The Morgan fingerprint density at radius 1 is 1.17 bits per heavy atom. The maximum absolute atomic E-state index is 13.7. The molecular weight excluding hydrogens is 385 g/mol. The number of nitrogens with zero attached hydrogens (tertiary/aromatic N) is 1. The first-order chi connectivity index (χ1) is 14.1. The molecule has 6 nitrogen and oxygen atoms in total. The number of carbonyl (C=O) groups is 2. The Morgan fingerprint density at radius 3 is 2.50 bits per heavy atom. The lowest BCUT2D eigenvalue weighted by atomic mass is 9.99. The lowest BCUT2D eigenvalue weighted by Gasteiger charge is -2.15. The second-order valence-electron chi connectivity index (χ2n) is 7.87. The normalized spacial score (nSPS) is 12.3. The van der Waals surface area contributed by atoms with E-state index in [9.17, 15) is 19.1 Å². The Labute approximate surface area is 174 Å². The molecule has 0 saturated carbocycles. The van der Waals surface area contributed by atoms with Crippen LogP contribution >= 0.6 is 0 Å². The van der Waals surface area contributed by atoms with Crippen molar-refractivity contribution >= 4 is 28.4 Å². The van der Waals surface area contributed by atoms with Crippen LogP contribution in [-0.4, -0.2) is 27.7 Å². The van der Waals surface area contributed by atoms with Crippen LogP contribution in [-0.2, 0) is 16.1 Å². The maximum Gasteiger partial charge on any atom is 0.268 e. The van der Waals surface area contributed by atoms with Gasteiger partial charge in [0.25, 0.3) is 18.0 Å². The molecule has 0 bridgehead atoms. The van der Waals surface area contributed by atoms with Gasteiger partial charge in [0.2, 0.25) is 0 Å². The largest absolute Gasteiger partial charge is 0.508 e. The summed E-state index contributed by atoms with van der Waals surface area (Å²) in [4.78, 5) is 23.0. The van der Waals surface area contributed by atoms with Gasteiger partial charge in [0.1, 0.15) is 5.75 Å². The minimum absolute atomic E-state index is 0.190. The van der Waals surface area contributed by atoms with Gasteiger partial charge in [-0.15, -0.1) is 0 Å². The molecule has 1 heterocycles. The van der Waals surface area contributed by atoms with Crippen LogP contribution in [0.2, 0.25) is 0 Å². The zero-order valence-electron chi connectivity index (χ0n) is 17.5. The molecule has 0 aliphatic rings. The van der Waals surface area contributed by atoms with Crippen molar-refractivity contribution in [1.82, 2.24) is 4.57 Å². The SMILES string of the molecule is Cc1ccc(NC(=O)C(F)C(N)=O)c2cc(C)n(Cc3ccc(O)c(C(C)C)c3)c12. The molecule has 1 atom stereocenters. The number of phenols is 1. The third-order valence-corrected chi connectivity index (χ3v) is 5.26. The van der Waals surface area contributed by atoms with Crippen LogP contribution in [0.25, 0.3) is 10.9 Å². The highest BCUT2D eigenvalue weighted by molar-refractivity contribution is 6.11. The van der Waals surface area contributed by atoms with E-state index in [2.05, 4.69) is 9.88 Å². The van der Waals surface area contributed by atoms with E-state index < -0.39 is 18.0 Å². The van der Waals surface area contributed by atoms with E-state index in [-0.39, 0.29) is 11.7 Å². The van der Waals surface area contributed by atoms with E-state index in [0.717, 1.165) is 33.3 Å². The highest BCUT2D eigenvalue weighted by Crippen LogP contribution is 2.32. The first kappa shape index (κ1) is 21.4. The summed E-state index contributed by atoms with van der Waals surface area (Å²) in [5.74, 6) is -1.94. The summed E-state index contributed by atoms with van der Waals surface area (Å²) in [6.45, 7) is 8.54. The molecule has 0 radical (unpaired) electrons. The number of anilines is 1. The van der Waals surface area contributed by atoms with Gasteiger partial charge in [0, 0.05) is 17.6 Å². The molecule has 1 aromatic heterocycles. The van der Waals surface area contributed by atoms with Crippen molar-refractivity contribution in [2.75, 3.05) is 5.32 Å². The number of alkyl halides is 1. The number of halogens is 1. The number of nitrogens with one attached hydrogen (secondary N) is 1. The summed E-state index contributed by atoms with van der Waals surface area (Å²) in [5, 5.41) is 13.3. The van der Waals surface area contributed by atoms with E-state index in [1.807, 2.05) is 52.0 Å². The number of carbonyl (C=O) groups excluding carboxylic acids is 2. The molecule has 0 aliphatic heterocycles. The average Bonchev–Trinajstić information content (AvgIpc) is 3.01. The number of rotatable bonds is 6. The van der Waals surface area contributed by atoms with Crippen molar-refractivity contribution < 1.29 is 19.1 Å². The van der Waals surface area contributed by atoms with Crippen molar-refractivity contribution in [2.24, 2.45) is 5.73 Å². The van der Waals surface area contributed by atoms with E-state index in [4.69, 9.17) is 5.73 Å². The fraction of sp³-hybridized carbons (Fsp3) is 0.304. The first-order valence-electron chi connectivity index (χ1n) is 9.75. The number of fused-ring (bicyclic) bond motifs is 1. The van der Waals surface area contributed by atoms with E-state index in [1.54, 1.807) is 12.1 Å². The third-order valence-electron chi connectivity index (χ3n) is 5.26. The minimum Gasteiger partial charge on any atom is -0.508 e. The Morgan fingerprint density at radius 2 is 1.87 bits per heavy atom. The van der Waals surface area contributed by atoms with Crippen molar-refractivity contribution in [3.8, 4) is 5.75 Å². The van der Waals surface area contributed by atoms with Gasteiger partial charge in [-0.1, -0.05) is 32.0 Å². The molecule has 0 fully saturated rings. The Balaban J connectivity index is 2.03. The summed E-state index contributed by atoms with van der Waals surface area (Å²) in [6.07, 6.45) is -2.41. The lowest BCUT2D eigenvalue weighted by molar-refractivity contribution is -0.131. The molecule has 0 spiro atoms. The highest BCUT2D eigenvalue weighted by atomic mass is 19.1. The molecule has 1 unspecified atom stereocenters. The summed E-state index contributed by atoms with van der Waals surface area (Å²) in [6, 6.07) is 11.0. The number of amides is 2. The molecule has 3 rings (SSSR count). The van der Waals surface area contributed by atoms with Crippen LogP contribution in [0.1, 0.15) is 42.1 Å². The number of phenolic OH excluding ortho intramolecular Hbond substituents is 1. The molecule has 7 heteroatoms. The summed E-state index contributed by atoms with van der Waals surface area (Å²) in [5.41, 5.74) is 10.1. The van der Waals surface area contributed by atoms with E-state index in [1.165, 1.54) is 0 Å². The quantitative estimate of drug-likeness (QED) is 0.537. The predicted octanol–water partition coefficient (Wildman–Crippen LogP) is 3.90. The molecule has 30 heavy (non-hydrogen) atoms. The number of nitrogens with two attached hydrogens (primary N) is 1. The fourth-order valence-corrected chi connectivity index (χ4v) is 3.67. The van der Waals surface area contributed by atoms with Crippen LogP contribution in [0, 0.1) is 13.8 Å². The predicted molar refractivity (Wildman–Crippen MR) is 115 cm³/mol. The number of hydrogen-bond acceptors (Lipinski definition) is 3. The Bertz CT molecular complexity index is 1130. The Kier molecular flexibility index (Phi) is 5.82. The molecule has 0 saturated heterocycles. The molecule has 0 aliphatic carbocycles. The molecule has 3 aromatic rings. The zero-order valence-corrected chi connectivity index (χ0v) is 17.5. The minimum atomic E-state index is -2.41. The van der Waals surface area contributed by atoms with Crippen molar-refractivity contribution in [2.45, 2.75) is 46.3 Å². The number of aryl methyl sites for hydroxylation is 2. The van der Waals surface area contributed by atoms with E-state index >= 15 is 0 Å². The lowest BCUT2D eigenvalue weighted by Crippen LogP contribution is -2.36. The molecule has 158 valence electrons. The Hall–Kier alpha value is -3.35. The number of aromatic nitrogens is 1. The molecule has 4 N–H and O–H groups in total.